The maximum atomic E-state index is 13.2. The van der Waals surface area contributed by atoms with Crippen LogP contribution in [0.3, 0.4) is 0 Å². The molecule has 2 amide bonds. The second kappa shape index (κ2) is 11.1. The Balaban J connectivity index is 1.81. The fraction of sp³-hybridized carbons (Fsp3) is 0.375. The average molecular weight is 531 g/mol. The van der Waals surface area contributed by atoms with Crippen molar-refractivity contribution in [2.75, 3.05) is 19.3 Å². The number of carbonyl (C=O) groups is 2. The summed E-state index contributed by atoms with van der Waals surface area (Å²) in [4.78, 5) is 24.1. The van der Waals surface area contributed by atoms with Crippen LogP contribution in [0.2, 0.25) is 0 Å². The van der Waals surface area contributed by atoms with E-state index in [4.69, 9.17) is 9.47 Å². The van der Waals surface area contributed by atoms with Crippen LogP contribution in [0.4, 0.5) is 32.0 Å². The van der Waals surface area contributed by atoms with Gasteiger partial charge in [-0.05, 0) is 42.3 Å². The smallest absolute Gasteiger partial charge is 0.463 e. The number of ether oxygens (including phenoxy) is 2. The summed E-state index contributed by atoms with van der Waals surface area (Å²) in [5.41, 5.74) is 1.35. The number of nitrogens with one attached hydrogen (secondary N) is 1. The third-order valence-electron chi connectivity index (χ3n) is 5.67. The van der Waals surface area contributed by atoms with Gasteiger partial charge >= 0.3 is 18.0 Å². The molecule has 1 aliphatic rings. The predicted molar refractivity (Wildman–Crippen MR) is 121 cm³/mol. The molecule has 0 saturated heterocycles. The SMILES string of the molecule is CCC1CC(=O)N(Cc2ccc(NC(=O)C(F)(F)C(F)(F)F)cc2)N=C1c1ccc(OC)c(OCF)c1. The highest BCUT2D eigenvalue weighted by atomic mass is 19.4. The van der Waals surface area contributed by atoms with Gasteiger partial charge in [0, 0.05) is 23.6 Å². The number of benzene rings is 2. The van der Waals surface area contributed by atoms with Crippen LogP contribution in [0.25, 0.3) is 0 Å². The van der Waals surface area contributed by atoms with Gasteiger partial charge < -0.3 is 14.8 Å². The molecule has 0 spiro atoms. The number of hydrogen-bond donors (Lipinski definition) is 1. The molecule has 3 rings (SSSR count). The van der Waals surface area contributed by atoms with Crippen molar-refractivity contribution in [1.82, 2.24) is 5.01 Å². The molecule has 0 radical (unpaired) electrons. The topological polar surface area (TPSA) is 80.2 Å². The van der Waals surface area contributed by atoms with Crippen molar-refractivity contribution in [2.24, 2.45) is 11.0 Å². The van der Waals surface area contributed by atoms with Crippen LogP contribution in [0.15, 0.2) is 47.6 Å². The van der Waals surface area contributed by atoms with Gasteiger partial charge in [0.25, 0.3) is 0 Å². The molecule has 1 atom stereocenters. The average Bonchev–Trinajstić information content (AvgIpc) is 2.85. The first-order chi connectivity index (χ1) is 17.4. The van der Waals surface area contributed by atoms with Gasteiger partial charge in [-0.1, -0.05) is 19.1 Å². The third-order valence-corrected chi connectivity index (χ3v) is 5.67. The van der Waals surface area contributed by atoms with Crippen LogP contribution < -0.4 is 14.8 Å². The van der Waals surface area contributed by atoms with Crippen molar-refractivity contribution >= 4 is 23.2 Å². The lowest BCUT2D eigenvalue weighted by Gasteiger charge is -2.29. The minimum absolute atomic E-state index is 0.0320. The summed E-state index contributed by atoms with van der Waals surface area (Å²) < 4.78 is 86.4. The van der Waals surface area contributed by atoms with E-state index < -0.39 is 24.9 Å². The monoisotopic (exact) mass is 531 g/mol. The highest BCUT2D eigenvalue weighted by Gasteiger charge is 2.63. The number of amides is 2. The summed E-state index contributed by atoms with van der Waals surface area (Å²) in [5.74, 6) is -8.08. The van der Waals surface area contributed by atoms with Crippen LogP contribution in [0, 0.1) is 5.92 Å². The summed E-state index contributed by atoms with van der Waals surface area (Å²) in [6.07, 6.45) is -5.29. The van der Waals surface area contributed by atoms with Crippen molar-refractivity contribution in [2.45, 2.75) is 38.4 Å². The molecule has 1 N–H and O–H groups in total. The van der Waals surface area contributed by atoms with Gasteiger partial charge in [0.15, 0.2) is 11.5 Å². The zero-order chi connectivity index (χ0) is 27.4. The first kappa shape index (κ1) is 27.8. The normalized spacial score (nSPS) is 16.3. The molecule has 0 saturated carbocycles. The van der Waals surface area contributed by atoms with Gasteiger partial charge in [-0.3, -0.25) is 9.59 Å². The minimum atomic E-state index is -6.03. The van der Waals surface area contributed by atoms with Crippen molar-refractivity contribution in [1.29, 1.82) is 0 Å². The molecule has 1 aliphatic heterocycles. The van der Waals surface area contributed by atoms with Gasteiger partial charge in [-0.25, -0.2) is 9.40 Å². The van der Waals surface area contributed by atoms with Crippen molar-refractivity contribution in [3.05, 3.63) is 53.6 Å². The Labute approximate surface area is 208 Å². The number of methoxy groups -OCH3 is 1. The summed E-state index contributed by atoms with van der Waals surface area (Å²) in [5, 5.41) is 7.21. The first-order valence-electron chi connectivity index (χ1n) is 11.0. The number of alkyl halides is 6. The Bertz CT molecular complexity index is 1170. The largest absolute Gasteiger partial charge is 0.493 e. The van der Waals surface area contributed by atoms with E-state index in [-0.39, 0.29) is 36.2 Å². The lowest BCUT2D eigenvalue weighted by molar-refractivity contribution is -0.267. The fourth-order valence-corrected chi connectivity index (χ4v) is 3.65. The van der Waals surface area contributed by atoms with E-state index in [1.165, 1.54) is 29.6 Å². The summed E-state index contributed by atoms with van der Waals surface area (Å²) in [7, 11) is 1.41. The van der Waals surface area contributed by atoms with E-state index in [0.717, 1.165) is 12.1 Å². The number of halogens is 6. The molecule has 2 aromatic carbocycles. The first-order valence-corrected chi connectivity index (χ1v) is 11.0. The molecule has 1 heterocycles. The number of anilines is 1. The molecule has 1 unspecified atom stereocenters. The van der Waals surface area contributed by atoms with Crippen LogP contribution in [0.1, 0.15) is 30.9 Å². The summed E-state index contributed by atoms with van der Waals surface area (Å²) in [6.45, 7) is 0.787. The van der Waals surface area contributed by atoms with E-state index in [1.807, 2.05) is 6.92 Å². The number of nitrogens with zero attached hydrogens (tertiary/aromatic N) is 2. The molecule has 13 heteroatoms. The minimum Gasteiger partial charge on any atom is -0.493 e. The molecule has 0 aliphatic carbocycles. The second-order valence-corrected chi connectivity index (χ2v) is 8.09. The fourth-order valence-electron chi connectivity index (χ4n) is 3.65. The van der Waals surface area contributed by atoms with Gasteiger partial charge in [0.1, 0.15) is 0 Å². The van der Waals surface area contributed by atoms with E-state index >= 15 is 0 Å². The molecular weight excluding hydrogens is 508 g/mol. The molecule has 0 aromatic heterocycles. The Morgan fingerprint density at radius 1 is 1.11 bits per heavy atom. The standard InChI is InChI=1S/C24H23F6N3O4/c1-3-15-11-20(34)33(32-21(15)16-6-9-18(36-2)19(10-16)37-13-25)12-14-4-7-17(8-5-14)31-22(35)23(26,27)24(28,29)30/h4-10,15H,3,11-13H2,1-2H3,(H,31,35). The maximum Gasteiger partial charge on any atom is 0.463 e. The molecule has 2 aromatic rings. The Morgan fingerprint density at radius 3 is 2.35 bits per heavy atom. The van der Waals surface area contributed by atoms with Crippen LogP contribution in [-0.2, 0) is 16.1 Å². The van der Waals surface area contributed by atoms with Gasteiger partial charge in [-0.15, -0.1) is 0 Å². The van der Waals surface area contributed by atoms with E-state index in [9.17, 15) is 35.9 Å². The molecule has 0 fully saturated rings. The van der Waals surface area contributed by atoms with E-state index in [1.54, 1.807) is 18.2 Å². The van der Waals surface area contributed by atoms with Crippen molar-refractivity contribution < 1.29 is 45.4 Å². The highest BCUT2D eigenvalue weighted by Crippen LogP contribution is 2.36. The third kappa shape index (κ3) is 6.15. The number of rotatable bonds is 9. The van der Waals surface area contributed by atoms with Gasteiger partial charge in [0.05, 0.1) is 19.4 Å². The lowest BCUT2D eigenvalue weighted by atomic mass is 9.89. The Hall–Kier alpha value is -3.77. The Kier molecular flexibility index (Phi) is 8.34. The van der Waals surface area contributed by atoms with Crippen molar-refractivity contribution in [3.8, 4) is 11.5 Å². The van der Waals surface area contributed by atoms with Gasteiger partial charge in [0.2, 0.25) is 12.8 Å². The number of hydrazone groups is 1. The molecule has 0 bridgehead atoms. The quantitative estimate of drug-likeness (QED) is 0.446. The van der Waals surface area contributed by atoms with Gasteiger partial charge in [-0.2, -0.15) is 27.1 Å². The Morgan fingerprint density at radius 2 is 1.78 bits per heavy atom. The van der Waals surface area contributed by atoms with Crippen LogP contribution in [-0.4, -0.2) is 48.6 Å². The molecule has 7 nitrogen and oxygen atoms in total. The van der Waals surface area contributed by atoms with Crippen molar-refractivity contribution in [3.63, 3.8) is 0 Å². The number of carbonyl (C=O) groups excluding carboxylic acids is 2. The molecular formula is C24H23F6N3O4. The maximum absolute atomic E-state index is 13.2. The lowest BCUT2D eigenvalue weighted by Crippen LogP contribution is -2.47. The molecule has 200 valence electrons. The van der Waals surface area contributed by atoms with E-state index in [2.05, 4.69) is 5.10 Å². The number of hydrogen-bond acceptors (Lipinski definition) is 5. The zero-order valence-electron chi connectivity index (χ0n) is 19.7. The summed E-state index contributed by atoms with van der Waals surface area (Å²) >= 11 is 0. The highest BCUT2D eigenvalue weighted by molar-refractivity contribution is 6.06. The second-order valence-electron chi connectivity index (χ2n) is 8.09. The van der Waals surface area contributed by atoms with Crippen LogP contribution in [0.5, 0.6) is 11.5 Å². The summed E-state index contributed by atoms with van der Waals surface area (Å²) in [6, 6.07) is 9.84. The predicted octanol–water partition coefficient (Wildman–Crippen LogP) is 5.30. The van der Waals surface area contributed by atoms with Crippen LogP contribution >= 0.6 is 0 Å². The molecule has 37 heavy (non-hydrogen) atoms. The van der Waals surface area contributed by atoms with E-state index in [0.29, 0.717) is 29.0 Å². The zero-order valence-corrected chi connectivity index (χ0v) is 19.7.